The van der Waals surface area contributed by atoms with Gasteiger partial charge in [-0.1, -0.05) is 30.3 Å². The lowest BCUT2D eigenvalue weighted by Gasteiger charge is -2.36. The van der Waals surface area contributed by atoms with Gasteiger partial charge in [0.05, 0.1) is 5.69 Å². The summed E-state index contributed by atoms with van der Waals surface area (Å²) in [6.45, 7) is 3.38. The van der Waals surface area contributed by atoms with Gasteiger partial charge in [0.2, 0.25) is 0 Å². The van der Waals surface area contributed by atoms with Crippen molar-refractivity contribution >= 4 is 23.1 Å². The molecule has 1 aliphatic rings. The van der Waals surface area contributed by atoms with E-state index in [0.29, 0.717) is 5.78 Å². The molecule has 4 aromatic heterocycles. The molecule has 0 N–H and O–H groups in total. The van der Waals surface area contributed by atoms with Gasteiger partial charge in [-0.05, 0) is 12.1 Å². The summed E-state index contributed by atoms with van der Waals surface area (Å²) in [5.74, 6) is 2.53. The van der Waals surface area contributed by atoms with Gasteiger partial charge in [-0.2, -0.15) is 19.1 Å². The van der Waals surface area contributed by atoms with Crippen molar-refractivity contribution in [2.24, 2.45) is 0 Å². The highest BCUT2D eigenvalue weighted by atomic mass is 15.4. The third-order valence-electron chi connectivity index (χ3n) is 5.38. The molecule has 1 fully saturated rings. The molecule has 1 aromatic carbocycles. The fourth-order valence-corrected chi connectivity index (χ4v) is 3.83. The van der Waals surface area contributed by atoms with E-state index in [1.54, 1.807) is 17.2 Å². The number of benzene rings is 1. The molecule has 1 saturated heterocycles. The van der Waals surface area contributed by atoms with Crippen LogP contribution in [0.5, 0.6) is 0 Å². The van der Waals surface area contributed by atoms with Crippen LogP contribution in [0.2, 0.25) is 0 Å². The monoisotopic (exact) mass is 398 g/mol. The Bertz CT molecular complexity index is 1320. The van der Waals surface area contributed by atoms with E-state index in [4.69, 9.17) is 0 Å². The van der Waals surface area contributed by atoms with E-state index in [-0.39, 0.29) is 0 Å². The normalized spacial score (nSPS) is 14.7. The maximum absolute atomic E-state index is 4.68. The van der Waals surface area contributed by atoms with Gasteiger partial charge in [0, 0.05) is 37.8 Å². The Morgan fingerprint density at radius 3 is 2.57 bits per heavy atom. The maximum Gasteiger partial charge on any atom is 0.254 e. The summed E-state index contributed by atoms with van der Waals surface area (Å²) < 4.78 is 3.51. The van der Waals surface area contributed by atoms with Crippen LogP contribution in [-0.2, 0) is 0 Å². The zero-order chi connectivity index (χ0) is 19.9. The smallest absolute Gasteiger partial charge is 0.254 e. The van der Waals surface area contributed by atoms with Crippen LogP contribution in [0.25, 0.3) is 22.7 Å². The van der Waals surface area contributed by atoms with Gasteiger partial charge in [-0.15, -0.1) is 15.3 Å². The van der Waals surface area contributed by atoms with E-state index >= 15 is 0 Å². The molecule has 5 aromatic rings. The summed E-state index contributed by atoms with van der Waals surface area (Å²) in [5.41, 5.74) is 2.71. The van der Waals surface area contributed by atoms with Crippen molar-refractivity contribution in [1.82, 2.24) is 39.4 Å². The number of hydrogen-bond donors (Lipinski definition) is 0. The Morgan fingerprint density at radius 1 is 0.867 bits per heavy atom. The van der Waals surface area contributed by atoms with Crippen LogP contribution >= 0.6 is 0 Å². The fraction of sp³-hybridized carbons (Fsp3) is 0.200. The van der Waals surface area contributed by atoms with Crippen LogP contribution in [0.4, 0.5) is 11.6 Å². The third kappa shape index (κ3) is 2.81. The van der Waals surface area contributed by atoms with Crippen molar-refractivity contribution in [3.8, 4) is 11.3 Å². The number of anilines is 2. The number of aromatic nitrogens is 8. The summed E-state index contributed by atoms with van der Waals surface area (Å²) in [4.78, 5) is 13.6. The Labute approximate surface area is 171 Å². The minimum absolute atomic E-state index is 0.605. The average Bonchev–Trinajstić information content (AvgIpc) is 3.48. The second-order valence-corrected chi connectivity index (χ2v) is 7.14. The van der Waals surface area contributed by atoms with Crippen LogP contribution in [0.15, 0.2) is 61.2 Å². The molecule has 0 aliphatic carbocycles. The van der Waals surface area contributed by atoms with Crippen LogP contribution in [0, 0.1) is 0 Å². The van der Waals surface area contributed by atoms with Crippen LogP contribution in [-0.4, -0.2) is 65.6 Å². The lowest BCUT2D eigenvalue weighted by molar-refractivity contribution is 0.629. The summed E-state index contributed by atoms with van der Waals surface area (Å²) in [6, 6.07) is 16.2. The first kappa shape index (κ1) is 16.8. The molecule has 0 saturated carbocycles. The van der Waals surface area contributed by atoms with E-state index in [1.165, 1.54) is 0 Å². The number of rotatable bonds is 3. The second-order valence-electron chi connectivity index (χ2n) is 7.14. The molecular formula is C20H18N10. The van der Waals surface area contributed by atoms with Gasteiger partial charge in [0.25, 0.3) is 5.78 Å². The first-order chi connectivity index (χ1) is 14.8. The molecule has 0 amide bonds. The molecule has 30 heavy (non-hydrogen) atoms. The Kier molecular flexibility index (Phi) is 3.79. The molecule has 1 aliphatic heterocycles. The van der Waals surface area contributed by atoms with Gasteiger partial charge in [0.1, 0.15) is 24.3 Å². The largest absolute Gasteiger partial charge is 0.353 e. The highest BCUT2D eigenvalue weighted by Gasteiger charge is 2.22. The highest BCUT2D eigenvalue weighted by molar-refractivity contribution is 5.66. The molecule has 10 nitrogen and oxygen atoms in total. The van der Waals surface area contributed by atoms with Crippen molar-refractivity contribution in [2.75, 3.05) is 36.0 Å². The molecule has 0 radical (unpaired) electrons. The maximum atomic E-state index is 4.68. The lowest BCUT2D eigenvalue weighted by atomic mass is 10.1. The number of hydrogen-bond acceptors (Lipinski definition) is 8. The van der Waals surface area contributed by atoms with Crippen LogP contribution < -0.4 is 9.80 Å². The molecule has 148 valence electrons. The molecule has 0 unspecified atom stereocenters. The molecule has 0 atom stereocenters. The van der Waals surface area contributed by atoms with Crippen LogP contribution in [0.1, 0.15) is 0 Å². The zero-order valence-electron chi connectivity index (χ0n) is 16.1. The number of nitrogens with zero attached hydrogens (tertiary/aromatic N) is 10. The van der Waals surface area contributed by atoms with E-state index in [1.807, 2.05) is 34.8 Å². The summed E-state index contributed by atoms with van der Waals surface area (Å²) in [6.07, 6.45) is 3.17. The highest BCUT2D eigenvalue weighted by Crippen LogP contribution is 2.25. The summed E-state index contributed by atoms with van der Waals surface area (Å²) in [7, 11) is 0. The van der Waals surface area contributed by atoms with Crippen molar-refractivity contribution in [2.45, 2.75) is 0 Å². The fourth-order valence-electron chi connectivity index (χ4n) is 3.83. The lowest BCUT2D eigenvalue weighted by Crippen LogP contribution is -2.47. The van der Waals surface area contributed by atoms with Gasteiger partial charge in [-0.25, -0.2) is 4.98 Å². The Morgan fingerprint density at radius 2 is 1.70 bits per heavy atom. The molecule has 10 heteroatoms. The molecular weight excluding hydrogens is 380 g/mol. The summed E-state index contributed by atoms with van der Waals surface area (Å²) >= 11 is 0. The standard InChI is InChI=1S/C20H18N10/c1-2-4-15(5-3-1)16-12-19(30-20(24-16)21-13-23-30)28-10-8-27(9-11-28)18-7-6-17-25-22-14-29(17)26-18/h1-7,12-14H,8-11H2. The molecule has 6 rings (SSSR count). The Hall–Kier alpha value is -4.08. The summed E-state index contributed by atoms with van der Waals surface area (Å²) in [5, 5.41) is 16.9. The van der Waals surface area contributed by atoms with Gasteiger partial charge < -0.3 is 9.80 Å². The van der Waals surface area contributed by atoms with E-state index in [0.717, 1.165) is 54.7 Å². The Balaban J connectivity index is 1.29. The van der Waals surface area contributed by atoms with E-state index in [9.17, 15) is 0 Å². The minimum Gasteiger partial charge on any atom is -0.353 e. The van der Waals surface area contributed by atoms with Gasteiger partial charge in [0.15, 0.2) is 5.65 Å². The van der Waals surface area contributed by atoms with Crippen molar-refractivity contribution in [3.63, 3.8) is 0 Å². The van der Waals surface area contributed by atoms with Crippen molar-refractivity contribution in [3.05, 3.63) is 61.2 Å². The minimum atomic E-state index is 0.605. The zero-order valence-corrected chi connectivity index (χ0v) is 16.1. The topological polar surface area (TPSA) is 92.6 Å². The predicted octanol–water partition coefficient (Wildman–Crippen LogP) is 1.56. The third-order valence-corrected chi connectivity index (χ3v) is 5.38. The number of piperazine rings is 1. The first-order valence-corrected chi connectivity index (χ1v) is 9.78. The van der Waals surface area contributed by atoms with Gasteiger partial charge in [-0.3, -0.25) is 0 Å². The SMILES string of the molecule is c1ccc(-c2cc(N3CCN(c4ccc5nncn5n4)CC3)n3ncnc3n2)cc1. The van der Waals surface area contributed by atoms with Crippen LogP contribution in [0.3, 0.4) is 0 Å². The quantitative estimate of drug-likeness (QED) is 0.452. The van der Waals surface area contributed by atoms with Gasteiger partial charge >= 0.3 is 0 Å². The average molecular weight is 398 g/mol. The van der Waals surface area contributed by atoms with Crippen molar-refractivity contribution in [1.29, 1.82) is 0 Å². The molecule has 5 heterocycles. The first-order valence-electron chi connectivity index (χ1n) is 9.78. The van der Waals surface area contributed by atoms with E-state index in [2.05, 4.69) is 58.4 Å². The van der Waals surface area contributed by atoms with E-state index < -0.39 is 0 Å². The van der Waals surface area contributed by atoms with Crippen molar-refractivity contribution < 1.29 is 0 Å². The number of fused-ring (bicyclic) bond motifs is 2. The molecule has 0 spiro atoms. The second kappa shape index (κ2) is 6.76. The molecule has 0 bridgehead atoms. The predicted molar refractivity (Wildman–Crippen MR) is 111 cm³/mol.